The molecule has 0 fully saturated rings. The Morgan fingerprint density at radius 2 is 1.90 bits per heavy atom. The molecule has 0 aromatic heterocycles. The maximum absolute atomic E-state index is 12.1. The standard InChI is InChI=1S/C15H16BrNO2S/c1-11-10-14(6-7-15(11)17)20(18)9-8-19-13-4-2-12(16)3-5-13/h2-7,10H,8-9,17H2,1H3. The van der Waals surface area contributed by atoms with Gasteiger partial charge < -0.3 is 10.5 Å². The summed E-state index contributed by atoms with van der Waals surface area (Å²) >= 11 is 3.37. The lowest BCUT2D eigenvalue weighted by molar-refractivity contribution is 0.342. The number of hydrogen-bond donors (Lipinski definition) is 1. The van der Waals surface area contributed by atoms with Gasteiger partial charge in [-0.2, -0.15) is 0 Å². The molecule has 5 heteroatoms. The normalized spacial score (nSPS) is 12.1. The lowest BCUT2D eigenvalue weighted by atomic mass is 10.2. The Labute approximate surface area is 129 Å². The number of nitrogen functional groups attached to an aromatic ring is 1. The van der Waals surface area contributed by atoms with Gasteiger partial charge in [-0.05, 0) is 55.0 Å². The fourth-order valence-electron chi connectivity index (χ4n) is 1.67. The number of ether oxygens (including phenoxy) is 1. The molecule has 2 rings (SSSR count). The van der Waals surface area contributed by atoms with Crippen LogP contribution in [0.25, 0.3) is 0 Å². The maximum atomic E-state index is 12.1. The zero-order valence-corrected chi connectivity index (χ0v) is 13.5. The summed E-state index contributed by atoms with van der Waals surface area (Å²) in [4.78, 5) is 0.788. The Morgan fingerprint density at radius 1 is 1.20 bits per heavy atom. The Bertz CT molecular complexity index is 614. The van der Waals surface area contributed by atoms with Crippen LogP contribution in [0.5, 0.6) is 5.75 Å². The average molecular weight is 354 g/mol. The molecule has 0 bridgehead atoms. The number of nitrogens with two attached hydrogens (primary N) is 1. The fraction of sp³-hybridized carbons (Fsp3) is 0.200. The summed E-state index contributed by atoms with van der Waals surface area (Å²) in [5.41, 5.74) is 7.42. The number of hydrogen-bond acceptors (Lipinski definition) is 3. The molecule has 0 radical (unpaired) electrons. The van der Waals surface area contributed by atoms with Gasteiger partial charge in [-0.1, -0.05) is 15.9 Å². The van der Waals surface area contributed by atoms with E-state index in [-0.39, 0.29) is 0 Å². The van der Waals surface area contributed by atoms with Crippen molar-refractivity contribution in [1.82, 2.24) is 0 Å². The van der Waals surface area contributed by atoms with Gasteiger partial charge in [0.15, 0.2) is 0 Å². The van der Waals surface area contributed by atoms with Crippen LogP contribution in [0, 0.1) is 6.92 Å². The number of aryl methyl sites for hydroxylation is 1. The van der Waals surface area contributed by atoms with Gasteiger partial charge in [0.2, 0.25) is 0 Å². The summed E-state index contributed by atoms with van der Waals surface area (Å²) in [7, 11) is -1.07. The van der Waals surface area contributed by atoms with E-state index in [4.69, 9.17) is 10.5 Å². The Hall–Kier alpha value is -1.33. The predicted molar refractivity (Wildman–Crippen MR) is 86.5 cm³/mol. The van der Waals surface area contributed by atoms with Gasteiger partial charge in [0.05, 0.1) is 16.6 Å². The molecule has 0 saturated carbocycles. The molecular weight excluding hydrogens is 338 g/mol. The van der Waals surface area contributed by atoms with Crippen LogP contribution in [0.2, 0.25) is 0 Å². The maximum Gasteiger partial charge on any atom is 0.119 e. The van der Waals surface area contributed by atoms with E-state index in [2.05, 4.69) is 15.9 Å². The molecule has 0 amide bonds. The third-order valence-electron chi connectivity index (χ3n) is 2.86. The van der Waals surface area contributed by atoms with Gasteiger partial charge in [-0.15, -0.1) is 0 Å². The van der Waals surface area contributed by atoms with Crippen molar-refractivity contribution in [2.24, 2.45) is 0 Å². The van der Waals surface area contributed by atoms with E-state index in [0.29, 0.717) is 12.4 Å². The molecule has 3 nitrogen and oxygen atoms in total. The van der Waals surface area contributed by atoms with E-state index in [1.165, 1.54) is 0 Å². The molecule has 2 aromatic rings. The van der Waals surface area contributed by atoms with Crippen LogP contribution >= 0.6 is 15.9 Å². The molecule has 20 heavy (non-hydrogen) atoms. The lowest BCUT2D eigenvalue weighted by Crippen LogP contribution is -2.09. The van der Waals surface area contributed by atoms with E-state index < -0.39 is 10.8 Å². The topological polar surface area (TPSA) is 52.3 Å². The average Bonchev–Trinajstić information content (AvgIpc) is 2.44. The molecule has 1 unspecified atom stereocenters. The predicted octanol–water partition coefficient (Wildman–Crippen LogP) is 3.53. The molecule has 106 valence electrons. The molecular formula is C15H16BrNO2S. The van der Waals surface area contributed by atoms with Crippen molar-refractivity contribution in [3.63, 3.8) is 0 Å². The Kier molecular flexibility index (Phi) is 5.20. The SMILES string of the molecule is Cc1cc(S(=O)CCOc2ccc(Br)cc2)ccc1N. The first-order valence-corrected chi connectivity index (χ1v) is 8.30. The first-order chi connectivity index (χ1) is 9.56. The smallest absolute Gasteiger partial charge is 0.119 e. The summed E-state index contributed by atoms with van der Waals surface area (Å²) in [5, 5.41) is 0. The van der Waals surface area contributed by atoms with E-state index in [1.54, 1.807) is 12.1 Å². The summed E-state index contributed by atoms with van der Waals surface area (Å²) in [6.07, 6.45) is 0. The van der Waals surface area contributed by atoms with Crippen molar-refractivity contribution < 1.29 is 8.95 Å². The van der Waals surface area contributed by atoms with E-state index >= 15 is 0 Å². The van der Waals surface area contributed by atoms with Gasteiger partial charge in [-0.3, -0.25) is 4.21 Å². The molecule has 0 spiro atoms. The monoisotopic (exact) mass is 353 g/mol. The highest BCUT2D eigenvalue weighted by atomic mass is 79.9. The number of rotatable bonds is 5. The largest absolute Gasteiger partial charge is 0.493 e. The minimum atomic E-state index is -1.07. The van der Waals surface area contributed by atoms with Crippen LogP contribution in [0.4, 0.5) is 5.69 Å². The number of benzene rings is 2. The van der Waals surface area contributed by atoms with Crippen LogP contribution in [0.3, 0.4) is 0 Å². The van der Waals surface area contributed by atoms with Crippen molar-refractivity contribution in [2.75, 3.05) is 18.1 Å². The second-order valence-corrected chi connectivity index (χ2v) is 6.86. The highest BCUT2D eigenvalue weighted by Gasteiger charge is 2.06. The minimum Gasteiger partial charge on any atom is -0.493 e. The Morgan fingerprint density at radius 3 is 2.55 bits per heavy atom. The van der Waals surface area contributed by atoms with Gasteiger partial charge in [0.25, 0.3) is 0 Å². The van der Waals surface area contributed by atoms with Crippen LogP contribution in [-0.4, -0.2) is 16.6 Å². The summed E-state index contributed by atoms with van der Waals surface area (Å²) < 4.78 is 18.7. The van der Waals surface area contributed by atoms with Gasteiger partial charge in [0, 0.05) is 15.1 Å². The van der Waals surface area contributed by atoms with E-state index in [0.717, 1.165) is 26.4 Å². The number of anilines is 1. The molecule has 2 aromatic carbocycles. The Balaban J connectivity index is 1.88. The molecule has 0 aliphatic rings. The van der Waals surface area contributed by atoms with Crippen LogP contribution < -0.4 is 10.5 Å². The molecule has 0 saturated heterocycles. The van der Waals surface area contributed by atoms with Gasteiger partial charge in [0.1, 0.15) is 12.4 Å². The highest BCUT2D eigenvalue weighted by molar-refractivity contribution is 9.10. The summed E-state index contributed by atoms with van der Waals surface area (Å²) in [6.45, 7) is 2.33. The third kappa shape index (κ3) is 4.08. The molecule has 0 aliphatic heterocycles. The molecule has 2 N–H and O–H groups in total. The van der Waals surface area contributed by atoms with Crippen molar-refractivity contribution in [3.8, 4) is 5.75 Å². The van der Waals surface area contributed by atoms with Crippen LogP contribution in [0.1, 0.15) is 5.56 Å². The summed E-state index contributed by atoms with van der Waals surface area (Å²) in [6, 6.07) is 13.0. The van der Waals surface area contributed by atoms with Crippen molar-refractivity contribution >= 4 is 32.4 Å². The van der Waals surface area contributed by atoms with Crippen molar-refractivity contribution in [1.29, 1.82) is 0 Å². The van der Waals surface area contributed by atoms with Gasteiger partial charge in [-0.25, -0.2) is 0 Å². The first-order valence-electron chi connectivity index (χ1n) is 6.19. The zero-order valence-electron chi connectivity index (χ0n) is 11.1. The van der Waals surface area contributed by atoms with Gasteiger partial charge >= 0.3 is 0 Å². The van der Waals surface area contributed by atoms with E-state index in [1.807, 2.05) is 37.3 Å². The quantitative estimate of drug-likeness (QED) is 0.836. The number of halogens is 1. The van der Waals surface area contributed by atoms with Crippen LogP contribution in [-0.2, 0) is 10.8 Å². The lowest BCUT2D eigenvalue weighted by Gasteiger charge is -2.07. The fourth-order valence-corrected chi connectivity index (χ4v) is 2.94. The molecule has 0 aliphatic carbocycles. The van der Waals surface area contributed by atoms with E-state index in [9.17, 15) is 4.21 Å². The zero-order chi connectivity index (χ0) is 14.5. The van der Waals surface area contributed by atoms with Crippen molar-refractivity contribution in [2.45, 2.75) is 11.8 Å². The summed E-state index contributed by atoms with van der Waals surface area (Å²) in [5.74, 6) is 1.23. The molecule has 0 heterocycles. The first kappa shape index (κ1) is 15.1. The van der Waals surface area contributed by atoms with Crippen molar-refractivity contribution in [3.05, 3.63) is 52.5 Å². The third-order valence-corrected chi connectivity index (χ3v) is 4.70. The minimum absolute atomic E-state index is 0.414. The molecule has 1 atom stereocenters. The second kappa shape index (κ2) is 6.90. The van der Waals surface area contributed by atoms with Crippen LogP contribution in [0.15, 0.2) is 51.8 Å². The highest BCUT2D eigenvalue weighted by Crippen LogP contribution is 2.17. The second-order valence-electron chi connectivity index (χ2n) is 4.37.